The summed E-state index contributed by atoms with van der Waals surface area (Å²) in [6.45, 7) is 0. The van der Waals surface area contributed by atoms with Gasteiger partial charge < -0.3 is 0 Å². The quantitative estimate of drug-likeness (QED) is 0.222. The lowest BCUT2D eigenvalue weighted by atomic mass is 9.83. The van der Waals surface area contributed by atoms with Gasteiger partial charge in [0.15, 0.2) is 0 Å². The fourth-order valence-electron chi connectivity index (χ4n) is 4.95. The number of hydrogen-bond acceptors (Lipinski definition) is 2. The number of fused-ring (bicyclic) bond motifs is 6. The molecule has 0 fully saturated rings. The topological polar surface area (TPSA) is 0 Å². The van der Waals surface area contributed by atoms with Crippen molar-refractivity contribution in [3.05, 3.63) is 131 Å². The highest BCUT2D eigenvalue weighted by Gasteiger charge is 2.30. The second-order valence-electron chi connectivity index (χ2n) is 8.25. The van der Waals surface area contributed by atoms with E-state index >= 15 is 0 Å². The van der Waals surface area contributed by atoms with Gasteiger partial charge in [0.05, 0.1) is 0 Å². The third-order valence-corrected chi connectivity index (χ3v) is 8.64. The van der Waals surface area contributed by atoms with Crippen LogP contribution in [0, 0.1) is 5.82 Å². The lowest BCUT2D eigenvalue weighted by Crippen LogP contribution is -2.07. The summed E-state index contributed by atoms with van der Waals surface area (Å²) >= 11 is 3.54. The molecule has 0 radical (unpaired) electrons. The van der Waals surface area contributed by atoms with Crippen molar-refractivity contribution in [1.29, 1.82) is 0 Å². The highest BCUT2D eigenvalue weighted by Crippen LogP contribution is 2.55. The molecule has 2 heterocycles. The summed E-state index contributed by atoms with van der Waals surface area (Å²) in [6, 6.07) is 35.3. The zero-order chi connectivity index (χ0) is 21.9. The molecule has 156 valence electrons. The maximum absolute atomic E-state index is 14.6. The largest absolute Gasteiger partial charge is 0.207 e. The molecular weight excluding hydrogens is 443 g/mol. The van der Waals surface area contributed by atoms with Crippen LogP contribution in [0.2, 0.25) is 0 Å². The molecule has 7 rings (SSSR count). The minimum Gasteiger partial charge on any atom is -0.207 e. The SMILES string of the molecule is Fc1ccc2c(c1)/C(=C1\c3ccccc3Sc3ccc4ccccc4c31)c1ccccc1S2. The minimum atomic E-state index is -0.205. The van der Waals surface area contributed by atoms with Crippen LogP contribution in [0.3, 0.4) is 0 Å². The molecule has 2 aliphatic rings. The third-order valence-electron chi connectivity index (χ3n) is 6.35. The van der Waals surface area contributed by atoms with Gasteiger partial charge in [-0.05, 0) is 69.4 Å². The molecule has 0 spiro atoms. The summed E-state index contributed by atoms with van der Waals surface area (Å²) in [5.74, 6) is -0.205. The average Bonchev–Trinajstić information content (AvgIpc) is 2.86. The van der Waals surface area contributed by atoms with Gasteiger partial charge in [0.1, 0.15) is 5.82 Å². The van der Waals surface area contributed by atoms with Crippen molar-refractivity contribution in [3.8, 4) is 0 Å². The van der Waals surface area contributed by atoms with Crippen LogP contribution in [-0.4, -0.2) is 0 Å². The van der Waals surface area contributed by atoms with E-state index in [0.29, 0.717) is 0 Å². The van der Waals surface area contributed by atoms with E-state index in [1.165, 1.54) is 42.2 Å². The van der Waals surface area contributed by atoms with Gasteiger partial charge in [-0.2, -0.15) is 0 Å². The van der Waals surface area contributed by atoms with Crippen LogP contribution in [0.4, 0.5) is 4.39 Å². The molecule has 0 N–H and O–H groups in total. The molecule has 0 unspecified atom stereocenters. The molecule has 3 heteroatoms. The first-order valence-electron chi connectivity index (χ1n) is 10.9. The Morgan fingerprint density at radius 2 is 1.09 bits per heavy atom. The second-order valence-corrected chi connectivity index (χ2v) is 10.4. The van der Waals surface area contributed by atoms with Crippen molar-refractivity contribution in [2.45, 2.75) is 19.6 Å². The first-order valence-corrected chi connectivity index (χ1v) is 12.5. The van der Waals surface area contributed by atoms with Crippen LogP contribution < -0.4 is 0 Å². The first kappa shape index (κ1) is 19.2. The molecule has 5 aromatic carbocycles. The predicted octanol–water partition coefficient (Wildman–Crippen LogP) is 8.92. The van der Waals surface area contributed by atoms with Crippen LogP contribution in [-0.2, 0) is 0 Å². The molecule has 0 saturated carbocycles. The van der Waals surface area contributed by atoms with Gasteiger partial charge in [0.25, 0.3) is 0 Å². The molecule has 2 aliphatic heterocycles. The normalized spacial score (nSPS) is 16.0. The molecule has 0 nitrogen and oxygen atoms in total. The van der Waals surface area contributed by atoms with Crippen LogP contribution in [0.1, 0.15) is 22.3 Å². The first-order chi connectivity index (χ1) is 16.3. The fourth-order valence-corrected chi connectivity index (χ4v) is 7.14. The predicted molar refractivity (Wildman–Crippen MR) is 136 cm³/mol. The van der Waals surface area contributed by atoms with E-state index in [0.717, 1.165) is 21.6 Å². The lowest BCUT2D eigenvalue weighted by molar-refractivity contribution is 0.626. The summed E-state index contributed by atoms with van der Waals surface area (Å²) in [5.41, 5.74) is 6.88. The van der Waals surface area contributed by atoms with E-state index in [-0.39, 0.29) is 5.82 Å². The van der Waals surface area contributed by atoms with E-state index in [1.807, 2.05) is 17.8 Å². The molecule has 0 bridgehead atoms. The van der Waals surface area contributed by atoms with Gasteiger partial charge in [-0.1, -0.05) is 90.3 Å². The van der Waals surface area contributed by atoms with Gasteiger partial charge in [-0.15, -0.1) is 0 Å². The van der Waals surface area contributed by atoms with Crippen LogP contribution in [0.15, 0.2) is 123 Å². The lowest BCUT2D eigenvalue weighted by Gasteiger charge is -2.30. The van der Waals surface area contributed by atoms with Crippen LogP contribution in [0.25, 0.3) is 21.9 Å². The molecule has 0 aromatic heterocycles. The average molecular weight is 461 g/mol. The highest BCUT2D eigenvalue weighted by atomic mass is 32.2. The number of halogens is 1. The third kappa shape index (κ3) is 2.93. The zero-order valence-corrected chi connectivity index (χ0v) is 19.1. The van der Waals surface area contributed by atoms with E-state index < -0.39 is 0 Å². The maximum atomic E-state index is 14.6. The fraction of sp³-hybridized carbons (Fsp3) is 0. The minimum absolute atomic E-state index is 0.205. The van der Waals surface area contributed by atoms with Crippen molar-refractivity contribution in [3.63, 3.8) is 0 Å². The Labute approximate surface area is 200 Å². The van der Waals surface area contributed by atoms with Crippen molar-refractivity contribution >= 4 is 45.4 Å². The van der Waals surface area contributed by atoms with Crippen molar-refractivity contribution < 1.29 is 4.39 Å². The Hall–Kier alpha value is -3.27. The van der Waals surface area contributed by atoms with E-state index in [2.05, 4.69) is 84.9 Å². The van der Waals surface area contributed by atoms with Crippen LogP contribution in [0.5, 0.6) is 0 Å². The summed E-state index contributed by atoms with van der Waals surface area (Å²) in [6.07, 6.45) is 0. The summed E-state index contributed by atoms with van der Waals surface area (Å²) < 4.78 is 14.6. The summed E-state index contributed by atoms with van der Waals surface area (Å²) in [4.78, 5) is 4.77. The van der Waals surface area contributed by atoms with Gasteiger partial charge >= 0.3 is 0 Å². The number of hydrogen-bond donors (Lipinski definition) is 0. The molecular formula is C30H17FS2. The molecule has 0 amide bonds. The van der Waals surface area contributed by atoms with Crippen molar-refractivity contribution in [1.82, 2.24) is 0 Å². The Morgan fingerprint density at radius 1 is 0.485 bits per heavy atom. The summed E-state index contributed by atoms with van der Waals surface area (Å²) in [7, 11) is 0. The summed E-state index contributed by atoms with van der Waals surface area (Å²) in [5, 5.41) is 2.44. The van der Waals surface area contributed by atoms with Crippen molar-refractivity contribution in [2.24, 2.45) is 0 Å². The van der Waals surface area contributed by atoms with Crippen LogP contribution >= 0.6 is 23.5 Å². The zero-order valence-electron chi connectivity index (χ0n) is 17.5. The Bertz CT molecular complexity index is 1630. The Kier molecular flexibility index (Phi) is 4.30. The van der Waals surface area contributed by atoms with Gasteiger partial charge in [-0.25, -0.2) is 4.39 Å². The highest BCUT2D eigenvalue weighted by molar-refractivity contribution is 8.00. The smallest absolute Gasteiger partial charge is 0.123 e. The molecule has 33 heavy (non-hydrogen) atoms. The molecule has 0 atom stereocenters. The Balaban J connectivity index is 1.71. The Morgan fingerprint density at radius 3 is 1.91 bits per heavy atom. The number of rotatable bonds is 0. The number of benzene rings is 5. The van der Waals surface area contributed by atoms with E-state index in [4.69, 9.17) is 0 Å². The van der Waals surface area contributed by atoms with E-state index in [9.17, 15) is 4.39 Å². The van der Waals surface area contributed by atoms with Gasteiger partial charge in [-0.3, -0.25) is 0 Å². The van der Waals surface area contributed by atoms with Crippen molar-refractivity contribution in [2.75, 3.05) is 0 Å². The van der Waals surface area contributed by atoms with Gasteiger partial charge in [0, 0.05) is 30.7 Å². The maximum Gasteiger partial charge on any atom is 0.123 e. The standard InChI is InChI=1S/C30H17FS2/c31-19-14-16-26-23(17-19)28(21-9-3-5-11-24(21)32-26)30-22-10-4-6-12-25(22)33-27-15-13-18-7-1-2-8-20(18)29(27)30/h1-17H/b30-28+. The molecule has 0 aliphatic carbocycles. The molecule has 5 aromatic rings. The van der Waals surface area contributed by atoms with E-state index in [1.54, 1.807) is 23.9 Å². The van der Waals surface area contributed by atoms with Gasteiger partial charge in [0.2, 0.25) is 0 Å². The monoisotopic (exact) mass is 460 g/mol. The second kappa shape index (κ2) is 7.38. The molecule has 0 saturated heterocycles.